The average Bonchev–Trinajstić information content (AvgIpc) is 2.69. The van der Waals surface area contributed by atoms with Crippen LogP contribution >= 0.6 is 0 Å². The van der Waals surface area contributed by atoms with E-state index in [1.165, 1.54) is 44.1 Å². The molecule has 0 aromatic heterocycles. The Bertz CT molecular complexity index is 571. The Labute approximate surface area is 158 Å². The Morgan fingerprint density at radius 3 is 2.27 bits per heavy atom. The number of benzene rings is 1. The molecule has 0 heterocycles. The van der Waals surface area contributed by atoms with Gasteiger partial charge in [-0.05, 0) is 38.2 Å². The number of nitrogens with zero attached hydrogens (tertiary/aromatic N) is 1. The van der Waals surface area contributed by atoms with Crippen LogP contribution in [0.15, 0.2) is 36.4 Å². The van der Waals surface area contributed by atoms with Gasteiger partial charge in [-0.2, -0.15) is 0 Å². The Balaban J connectivity index is 1.69. The van der Waals surface area contributed by atoms with Crippen molar-refractivity contribution in [3.63, 3.8) is 0 Å². The zero-order valence-electron chi connectivity index (χ0n) is 16.2. The third kappa shape index (κ3) is 5.36. The Morgan fingerprint density at radius 2 is 1.62 bits per heavy atom. The molecular formula is C23H34N2O. The van der Waals surface area contributed by atoms with Crippen LogP contribution in [0.1, 0.15) is 76.7 Å². The standard InChI is InChI=1S/C23H34N2O/c1-19(17-18-20-11-5-2-6-12-20)25(22-15-9-4-10-16-22)23(26)24-21-13-7-3-8-14-21/h2,5-6,11-12,17-19,21-22H,3-4,7-10,13-16H2,1H3,(H,24,26)/b18-17+. The van der Waals surface area contributed by atoms with Crippen molar-refractivity contribution in [1.29, 1.82) is 0 Å². The molecule has 3 rings (SSSR count). The SMILES string of the molecule is CC(/C=C/c1ccccc1)N(C(=O)NC1CCCCC1)C1CCCCC1. The monoisotopic (exact) mass is 354 g/mol. The normalized spacial score (nSPS) is 20.8. The van der Waals surface area contributed by atoms with Crippen molar-refractivity contribution >= 4 is 12.1 Å². The molecule has 2 saturated carbocycles. The van der Waals surface area contributed by atoms with Crippen LogP contribution in [0.4, 0.5) is 4.79 Å². The van der Waals surface area contributed by atoms with Gasteiger partial charge in [-0.3, -0.25) is 0 Å². The van der Waals surface area contributed by atoms with E-state index in [4.69, 9.17) is 0 Å². The third-order valence-electron chi connectivity index (χ3n) is 5.94. The van der Waals surface area contributed by atoms with E-state index in [1.807, 2.05) is 6.07 Å². The smallest absolute Gasteiger partial charge is 0.318 e. The second-order valence-electron chi connectivity index (χ2n) is 7.99. The maximum Gasteiger partial charge on any atom is 0.318 e. The van der Waals surface area contributed by atoms with Crippen LogP contribution in [0, 0.1) is 0 Å². The van der Waals surface area contributed by atoms with Crippen molar-refractivity contribution in [3.8, 4) is 0 Å². The second kappa shape index (κ2) is 9.80. The minimum Gasteiger partial charge on any atom is -0.335 e. The molecule has 1 N–H and O–H groups in total. The zero-order valence-corrected chi connectivity index (χ0v) is 16.2. The fourth-order valence-corrected chi connectivity index (χ4v) is 4.45. The van der Waals surface area contributed by atoms with Crippen LogP contribution in [0.25, 0.3) is 6.08 Å². The highest BCUT2D eigenvalue weighted by molar-refractivity contribution is 5.75. The van der Waals surface area contributed by atoms with Gasteiger partial charge in [0.25, 0.3) is 0 Å². The lowest BCUT2D eigenvalue weighted by atomic mass is 9.93. The molecule has 2 aliphatic carbocycles. The van der Waals surface area contributed by atoms with Crippen LogP contribution < -0.4 is 5.32 Å². The maximum atomic E-state index is 13.1. The molecule has 26 heavy (non-hydrogen) atoms. The highest BCUT2D eigenvalue weighted by atomic mass is 16.2. The van der Waals surface area contributed by atoms with Gasteiger partial charge >= 0.3 is 6.03 Å². The highest BCUT2D eigenvalue weighted by Crippen LogP contribution is 2.26. The summed E-state index contributed by atoms with van der Waals surface area (Å²) in [5.41, 5.74) is 1.19. The summed E-state index contributed by atoms with van der Waals surface area (Å²) in [5, 5.41) is 3.35. The van der Waals surface area contributed by atoms with Crippen LogP contribution in [-0.2, 0) is 0 Å². The van der Waals surface area contributed by atoms with Gasteiger partial charge in [-0.1, -0.05) is 81.0 Å². The van der Waals surface area contributed by atoms with Gasteiger partial charge in [-0.25, -0.2) is 4.79 Å². The molecule has 0 aliphatic heterocycles. The fraction of sp³-hybridized carbons (Fsp3) is 0.609. The summed E-state index contributed by atoms with van der Waals surface area (Å²) in [4.78, 5) is 15.3. The van der Waals surface area contributed by atoms with E-state index < -0.39 is 0 Å². The van der Waals surface area contributed by atoms with Gasteiger partial charge in [0.2, 0.25) is 0 Å². The summed E-state index contributed by atoms with van der Waals surface area (Å²) in [6, 6.07) is 11.4. The van der Waals surface area contributed by atoms with Crippen molar-refractivity contribution in [2.24, 2.45) is 0 Å². The lowest BCUT2D eigenvalue weighted by Gasteiger charge is -2.39. The van der Waals surface area contributed by atoms with E-state index >= 15 is 0 Å². The molecule has 1 unspecified atom stereocenters. The van der Waals surface area contributed by atoms with Gasteiger partial charge in [0.05, 0.1) is 0 Å². The maximum absolute atomic E-state index is 13.1. The number of amides is 2. The van der Waals surface area contributed by atoms with Crippen LogP contribution in [0.2, 0.25) is 0 Å². The Morgan fingerprint density at radius 1 is 1.00 bits per heavy atom. The molecule has 0 saturated heterocycles. The van der Waals surface area contributed by atoms with Crippen LogP contribution in [-0.4, -0.2) is 29.1 Å². The number of urea groups is 1. The van der Waals surface area contributed by atoms with Gasteiger partial charge in [-0.15, -0.1) is 0 Å². The number of carbonyl (C=O) groups excluding carboxylic acids is 1. The molecular weight excluding hydrogens is 320 g/mol. The lowest BCUT2D eigenvalue weighted by molar-refractivity contribution is 0.137. The van der Waals surface area contributed by atoms with Crippen molar-refractivity contribution in [3.05, 3.63) is 42.0 Å². The van der Waals surface area contributed by atoms with E-state index in [-0.39, 0.29) is 12.1 Å². The quantitative estimate of drug-likeness (QED) is 0.716. The molecule has 1 aromatic rings. The summed E-state index contributed by atoms with van der Waals surface area (Å²) in [6.45, 7) is 2.16. The van der Waals surface area contributed by atoms with Gasteiger partial charge in [0.1, 0.15) is 0 Å². The van der Waals surface area contributed by atoms with Gasteiger partial charge in [0.15, 0.2) is 0 Å². The molecule has 0 spiro atoms. The minimum absolute atomic E-state index is 0.113. The molecule has 1 aromatic carbocycles. The fourth-order valence-electron chi connectivity index (χ4n) is 4.45. The number of rotatable bonds is 5. The molecule has 2 aliphatic rings. The molecule has 142 valence electrons. The minimum atomic E-state index is 0.113. The topological polar surface area (TPSA) is 32.3 Å². The van der Waals surface area contributed by atoms with E-state index in [1.54, 1.807) is 0 Å². The number of nitrogens with one attached hydrogen (secondary N) is 1. The molecule has 0 radical (unpaired) electrons. The number of carbonyl (C=O) groups is 1. The zero-order chi connectivity index (χ0) is 18.2. The number of hydrogen-bond acceptors (Lipinski definition) is 1. The van der Waals surface area contributed by atoms with Crippen molar-refractivity contribution in [1.82, 2.24) is 10.2 Å². The largest absolute Gasteiger partial charge is 0.335 e. The van der Waals surface area contributed by atoms with Crippen LogP contribution in [0.5, 0.6) is 0 Å². The first-order chi connectivity index (χ1) is 12.7. The molecule has 3 nitrogen and oxygen atoms in total. The predicted molar refractivity (Wildman–Crippen MR) is 109 cm³/mol. The summed E-state index contributed by atoms with van der Waals surface area (Å²) < 4.78 is 0. The first kappa shape index (κ1) is 19.0. The van der Waals surface area contributed by atoms with Crippen molar-refractivity contribution < 1.29 is 4.79 Å². The summed E-state index contributed by atoms with van der Waals surface area (Å²) >= 11 is 0. The molecule has 2 amide bonds. The summed E-state index contributed by atoms with van der Waals surface area (Å²) in [5.74, 6) is 0. The third-order valence-corrected chi connectivity index (χ3v) is 5.94. The first-order valence-electron chi connectivity index (χ1n) is 10.6. The lowest BCUT2D eigenvalue weighted by Crippen LogP contribution is -2.53. The van der Waals surface area contributed by atoms with Crippen molar-refractivity contribution in [2.75, 3.05) is 0 Å². The molecule has 2 fully saturated rings. The van der Waals surface area contributed by atoms with Gasteiger partial charge in [0, 0.05) is 18.1 Å². The first-order valence-corrected chi connectivity index (χ1v) is 10.6. The average molecular weight is 355 g/mol. The van der Waals surface area contributed by atoms with Crippen LogP contribution in [0.3, 0.4) is 0 Å². The summed E-state index contributed by atoms with van der Waals surface area (Å²) in [7, 11) is 0. The second-order valence-corrected chi connectivity index (χ2v) is 7.99. The van der Waals surface area contributed by atoms with E-state index in [9.17, 15) is 4.79 Å². The van der Waals surface area contributed by atoms with E-state index in [0.717, 1.165) is 25.7 Å². The van der Waals surface area contributed by atoms with E-state index in [2.05, 4.69) is 53.6 Å². The number of hydrogen-bond donors (Lipinski definition) is 1. The predicted octanol–water partition coefficient (Wildman–Crippen LogP) is 5.77. The van der Waals surface area contributed by atoms with E-state index in [0.29, 0.717) is 12.1 Å². The molecule has 3 heteroatoms. The van der Waals surface area contributed by atoms with Crippen molar-refractivity contribution in [2.45, 2.75) is 89.3 Å². The molecule has 0 bridgehead atoms. The Hall–Kier alpha value is -1.77. The highest BCUT2D eigenvalue weighted by Gasteiger charge is 2.29. The summed E-state index contributed by atoms with van der Waals surface area (Å²) in [6.07, 6.45) is 16.5. The van der Waals surface area contributed by atoms with Gasteiger partial charge < -0.3 is 10.2 Å². The Kier molecular flexibility index (Phi) is 7.16. The molecule has 1 atom stereocenters.